The minimum absolute atomic E-state index is 0.0457. The second-order valence-corrected chi connectivity index (χ2v) is 7.54. The fraction of sp³-hybridized carbons (Fsp3) is 0. The highest BCUT2D eigenvalue weighted by Gasteiger charge is 2.16. The van der Waals surface area contributed by atoms with E-state index in [9.17, 15) is 9.59 Å². The highest BCUT2D eigenvalue weighted by Crippen LogP contribution is 2.28. The van der Waals surface area contributed by atoms with E-state index in [0.717, 1.165) is 15.2 Å². The van der Waals surface area contributed by atoms with E-state index in [1.807, 2.05) is 36.4 Å². The summed E-state index contributed by atoms with van der Waals surface area (Å²) in [6.45, 7) is 0. The fourth-order valence-electron chi connectivity index (χ4n) is 2.78. The number of carbonyl (C=O) groups is 1. The normalized spacial score (nSPS) is 11.0. The van der Waals surface area contributed by atoms with E-state index < -0.39 is 11.5 Å². The van der Waals surface area contributed by atoms with E-state index >= 15 is 0 Å². The molecule has 4 aromatic rings. The molecule has 0 spiro atoms. The van der Waals surface area contributed by atoms with Gasteiger partial charge in [-0.2, -0.15) is 0 Å². The van der Waals surface area contributed by atoms with Crippen LogP contribution in [0.15, 0.2) is 78.8 Å². The first-order valence-corrected chi connectivity index (χ1v) is 9.33. The lowest BCUT2D eigenvalue weighted by atomic mass is 10.1. The van der Waals surface area contributed by atoms with E-state index in [4.69, 9.17) is 4.42 Å². The molecule has 0 saturated heterocycles. The summed E-state index contributed by atoms with van der Waals surface area (Å²) in [6.07, 6.45) is 0. The van der Waals surface area contributed by atoms with Crippen molar-refractivity contribution in [2.24, 2.45) is 0 Å². The largest absolute Gasteiger partial charge is 0.421 e. The Morgan fingerprint density at radius 2 is 1.65 bits per heavy atom. The third kappa shape index (κ3) is 3.18. The van der Waals surface area contributed by atoms with E-state index in [-0.39, 0.29) is 5.56 Å². The molecule has 0 atom stereocenters. The van der Waals surface area contributed by atoms with Crippen molar-refractivity contribution in [3.05, 3.63) is 85.6 Å². The maximum atomic E-state index is 12.6. The van der Waals surface area contributed by atoms with E-state index in [0.29, 0.717) is 21.1 Å². The van der Waals surface area contributed by atoms with E-state index in [1.165, 1.54) is 6.07 Å². The molecule has 6 heteroatoms. The average molecular weight is 473 g/mol. The van der Waals surface area contributed by atoms with Crippen LogP contribution in [-0.4, -0.2) is 5.91 Å². The Bertz CT molecular complexity index is 1230. The summed E-state index contributed by atoms with van der Waals surface area (Å²) in [5.41, 5.74) is 0.290. The van der Waals surface area contributed by atoms with E-state index in [2.05, 4.69) is 37.2 Å². The first-order chi connectivity index (χ1) is 12.5. The zero-order valence-corrected chi connectivity index (χ0v) is 16.4. The number of nitrogens with one attached hydrogen (secondary N) is 1. The molecular formula is C20H11Br2NO3. The van der Waals surface area contributed by atoms with Crippen molar-refractivity contribution < 1.29 is 9.21 Å². The number of fused-ring (bicyclic) bond motifs is 2. The smallest absolute Gasteiger partial charge is 0.349 e. The van der Waals surface area contributed by atoms with Crippen LogP contribution in [-0.2, 0) is 0 Å². The molecule has 0 bridgehead atoms. The molecule has 0 unspecified atom stereocenters. The topological polar surface area (TPSA) is 59.3 Å². The molecule has 128 valence electrons. The van der Waals surface area contributed by atoms with Gasteiger partial charge in [-0.05, 0) is 57.0 Å². The monoisotopic (exact) mass is 471 g/mol. The summed E-state index contributed by atoms with van der Waals surface area (Å²) >= 11 is 6.75. The van der Waals surface area contributed by atoms with Gasteiger partial charge >= 0.3 is 5.63 Å². The van der Waals surface area contributed by atoms with E-state index in [1.54, 1.807) is 18.2 Å². The molecule has 1 aromatic heterocycles. The molecular weight excluding hydrogens is 462 g/mol. The van der Waals surface area contributed by atoms with Crippen molar-refractivity contribution in [1.82, 2.24) is 0 Å². The Morgan fingerprint density at radius 1 is 0.885 bits per heavy atom. The molecule has 0 saturated carbocycles. The van der Waals surface area contributed by atoms with Crippen LogP contribution in [0.4, 0.5) is 5.69 Å². The van der Waals surface area contributed by atoms with Gasteiger partial charge in [0, 0.05) is 15.5 Å². The van der Waals surface area contributed by atoms with Crippen LogP contribution in [0.5, 0.6) is 0 Å². The molecule has 4 rings (SSSR count). The molecule has 0 aliphatic carbocycles. The number of benzene rings is 3. The Kier molecular flexibility index (Phi) is 4.38. The van der Waals surface area contributed by atoms with Crippen molar-refractivity contribution in [1.29, 1.82) is 0 Å². The van der Waals surface area contributed by atoms with Gasteiger partial charge in [0.05, 0.1) is 4.47 Å². The van der Waals surface area contributed by atoms with Crippen molar-refractivity contribution in [3.8, 4) is 0 Å². The third-order valence-electron chi connectivity index (χ3n) is 4.00. The highest BCUT2D eigenvalue weighted by atomic mass is 79.9. The number of rotatable bonds is 2. The van der Waals surface area contributed by atoms with Crippen LogP contribution in [0.1, 0.15) is 10.4 Å². The summed E-state index contributed by atoms with van der Waals surface area (Å²) in [5, 5.41) is 5.49. The molecule has 4 nitrogen and oxygen atoms in total. The first kappa shape index (κ1) is 17.0. The Labute approximate surface area is 165 Å². The lowest BCUT2D eigenvalue weighted by Gasteiger charge is -2.07. The van der Waals surface area contributed by atoms with Gasteiger partial charge in [-0.25, -0.2) is 4.79 Å². The van der Waals surface area contributed by atoms with Crippen LogP contribution in [0.2, 0.25) is 0 Å². The molecule has 1 heterocycles. The van der Waals surface area contributed by atoms with Crippen molar-refractivity contribution >= 4 is 65.2 Å². The fourth-order valence-corrected chi connectivity index (χ4v) is 4.12. The SMILES string of the molecule is O=C(Nc1ccc2ccccc2c1)c1cc2cc(Br)cc(Br)c2oc1=O. The molecule has 1 N–H and O–H groups in total. The first-order valence-electron chi connectivity index (χ1n) is 7.74. The minimum atomic E-state index is -0.682. The molecule has 3 aromatic carbocycles. The summed E-state index contributed by atoms with van der Waals surface area (Å²) in [7, 11) is 0. The second-order valence-electron chi connectivity index (χ2n) is 5.77. The summed E-state index contributed by atoms with van der Waals surface area (Å²) in [5.74, 6) is -0.507. The zero-order chi connectivity index (χ0) is 18.3. The Morgan fingerprint density at radius 3 is 2.46 bits per heavy atom. The van der Waals surface area contributed by atoms with Crippen LogP contribution < -0.4 is 10.9 Å². The van der Waals surface area contributed by atoms with Crippen LogP contribution in [0.3, 0.4) is 0 Å². The predicted octanol–water partition coefficient (Wildman–Crippen LogP) is 5.72. The van der Waals surface area contributed by atoms with Gasteiger partial charge in [0.15, 0.2) is 5.58 Å². The van der Waals surface area contributed by atoms with Gasteiger partial charge in [0.1, 0.15) is 5.56 Å². The standard InChI is InChI=1S/C20H11Br2NO3/c21-14-7-13-9-16(20(25)26-18(13)17(22)10-14)19(24)23-15-6-5-11-3-1-2-4-12(11)8-15/h1-10H,(H,23,24). The van der Waals surface area contributed by atoms with Crippen LogP contribution in [0.25, 0.3) is 21.7 Å². The molecule has 0 fully saturated rings. The van der Waals surface area contributed by atoms with Gasteiger partial charge in [0.2, 0.25) is 0 Å². The third-order valence-corrected chi connectivity index (χ3v) is 5.05. The van der Waals surface area contributed by atoms with Gasteiger partial charge in [-0.3, -0.25) is 4.79 Å². The van der Waals surface area contributed by atoms with Crippen LogP contribution >= 0.6 is 31.9 Å². The molecule has 0 aliphatic rings. The lowest BCUT2D eigenvalue weighted by molar-refractivity contribution is 0.102. The number of halogens is 2. The highest BCUT2D eigenvalue weighted by molar-refractivity contribution is 9.11. The van der Waals surface area contributed by atoms with Gasteiger partial charge in [0.25, 0.3) is 5.91 Å². The minimum Gasteiger partial charge on any atom is -0.421 e. The number of carbonyl (C=O) groups excluding carboxylic acids is 1. The predicted molar refractivity (Wildman–Crippen MR) is 110 cm³/mol. The number of hydrogen-bond acceptors (Lipinski definition) is 3. The number of anilines is 1. The Balaban J connectivity index is 1.73. The van der Waals surface area contributed by atoms with Gasteiger partial charge in [-0.15, -0.1) is 0 Å². The quantitative estimate of drug-likeness (QED) is 0.379. The number of hydrogen-bond donors (Lipinski definition) is 1. The number of amides is 1. The van der Waals surface area contributed by atoms with Crippen molar-refractivity contribution in [2.45, 2.75) is 0 Å². The second kappa shape index (κ2) is 6.70. The van der Waals surface area contributed by atoms with Gasteiger partial charge < -0.3 is 9.73 Å². The Hall–Kier alpha value is -2.44. The average Bonchev–Trinajstić information content (AvgIpc) is 2.61. The zero-order valence-electron chi connectivity index (χ0n) is 13.3. The van der Waals surface area contributed by atoms with Crippen LogP contribution in [0, 0.1) is 0 Å². The molecule has 26 heavy (non-hydrogen) atoms. The summed E-state index contributed by atoms with van der Waals surface area (Å²) in [6, 6.07) is 18.5. The lowest BCUT2D eigenvalue weighted by Crippen LogP contribution is -2.20. The molecule has 0 aliphatic heterocycles. The van der Waals surface area contributed by atoms with Gasteiger partial charge in [-0.1, -0.05) is 46.3 Å². The maximum Gasteiger partial charge on any atom is 0.349 e. The summed E-state index contributed by atoms with van der Waals surface area (Å²) < 4.78 is 6.77. The molecule has 0 radical (unpaired) electrons. The maximum absolute atomic E-state index is 12.6. The van der Waals surface area contributed by atoms with Crippen molar-refractivity contribution in [2.75, 3.05) is 5.32 Å². The summed E-state index contributed by atoms with van der Waals surface area (Å²) in [4.78, 5) is 24.8. The molecule has 1 amide bonds. The van der Waals surface area contributed by atoms with Crippen molar-refractivity contribution in [3.63, 3.8) is 0 Å².